The molecule has 4 aromatic rings. The Kier molecular flexibility index (Phi) is 4.32. The molecule has 0 radical (unpaired) electrons. The van der Waals surface area contributed by atoms with E-state index in [-0.39, 0.29) is 0 Å². The number of thioether (sulfide) groups is 1. The molecule has 0 bridgehead atoms. The Morgan fingerprint density at radius 2 is 1.67 bits per heavy atom. The van der Waals surface area contributed by atoms with Crippen LogP contribution in [0.25, 0.3) is 16.9 Å². The highest BCUT2D eigenvalue weighted by Gasteiger charge is 2.09. The van der Waals surface area contributed by atoms with E-state index >= 15 is 0 Å². The summed E-state index contributed by atoms with van der Waals surface area (Å²) >= 11 is 5.09. The van der Waals surface area contributed by atoms with Gasteiger partial charge < -0.3 is 0 Å². The molecule has 0 N–H and O–H groups in total. The molecule has 0 amide bonds. The molecule has 0 atom stereocenters. The van der Waals surface area contributed by atoms with E-state index in [2.05, 4.69) is 38.3 Å². The topological polar surface area (TPSA) is 43.1 Å². The third kappa shape index (κ3) is 3.20. The first-order valence-electron chi connectivity index (χ1n) is 7.45. The van der Waals surface area contributed by atoms with Crippen LogP contribution in [0.15, 0.2) is 76.4 Å². The van der Waals surface area contributed by atoms with Crippen LogP contribution in [0.4, 0.5) is 0 Å². The molecule has 0 aliphatic heterocycles. The Bertz CT molecular complexity index is 967. The minimum atomic E-state index is 0.757. The van der Waals surface area contributed by atoms with Crippen LogP contribution in [0.1, 0.15) is 5.56 Å². The van der Waals surface area contributed by atoms with Gasteiger partial charge in [0.25, 0.3) is 0 Å². The van der Waals surface area contributed by atoms with Gasteiger partial charge >= 0.3 is 0 Å². The Morgan fingerprint density at radius 3 is 2.46 bits per heavy atom. The number of halogens is 1. The van der Waals surface area contributed by atoms with Gasteiger partial charge in [-0.25, -0.2) is 0 Å². The zero-order valence-electron chi connectivity index (χ0n) is 12.6. The fourth-order valence-corrected chi connectivity index (χ4v) is 3.46. The largest absolute Gasteiger partial charge is 0.212 e. The van der Waals surface area contributed by atoms with Crippen molar-refractivity contribution in [2.45, 2.75) is 10.9 Å². The van der Waals surface area contributed by atoms with Gasteiger partial charge in [-0.15, -0.1) is 10.2 Å². The van der Waals surface area contributed by atoms with Gasteiger partial charge in [-0.05, 0) is 29.8 Å². The molecule has 0 saturated heterocycles. The standard InChI is InChI=1S/C18H13BrN4S/c19-15-8-6-13(7-9-15)12-24-18-21-20-17-11-10-16(22-23(17)18)14-4-2-1-3-5-14/h1-11H,12H2. The molecule has 4 rings (SSSR count). The smallest absolute Gasteiger partial charge is 0.187 e. The normalized spacial score (nSPS) is 11.0. The van der Waals surface area contributed by atoms with E-state index in [0.717, 1.165) is 32.3 Å². The summed E-state index contributed by atoms with van der Waals surface area (Å²) < 4.78 is 2.89. The van der Waals surface area contributed by atoms with E-state index in [1.54, 1.807) is 11.8 Å². The number of rotatable bonds is 4. The maximum absolute atomic E-state index is 4.70. The molecule has 0 saturated carbocycles. The number of fused-ring (bicyclic) bond motifs is 1. The zero-order valence-corrected chi connectivity index (χ0v) is 15.0. The molecule has 0 unspecified atom stereocenters. The van der Waals surface area contributed by atoms with Crippen LogP contribution in [0.5, 0.6) is 0 Å². The Balaban J connectivity index is 1.62. The van der Waals surface area contributed by atoms with Crippen molar-refractivity contribution < 1.29 is 0 Å². The van der Waals surface area contributed by atoms with Crippen LogP contribution in [0.2, 0.25) is 0 Å². The fourth-order valence-electron chi connectivity index (χ4n) is 2.35. The lowest BCUT2D eigenvalue weighted by Gasteiger charge is -2.03. The molecule has 0 spiro atoms. The molecule has 0 aliphatic rings. The van der Waals surface area contributed by atoms with Crippen molar-refractivity contribution in [3.63, 3.8) is 0 Å². The van der Waals surface area contributed by atoms with E-state index in [0.29, 0.717) is 0 Å². The van der Waals surface area contributed by atoms with E-state index in [4.69, 9.17) is 5.10 Å². The number of nitrogens with zero attached hydrogens (tertiary/aromatic N) is 4. The van der Waals surface area contributed by atoms with Crippen molar-refractivity contribution >= 4 is 33.3 Å². The second-order valence-corrected chi connectivity index (χ2v) is 7.11. The van der Waals surface area contributed by atoms with Gasteiger partial charge in [0, 0.05) is 15.8 Å². The predicted octanol–water partition coefficient (Wildman–Crippen LogP) is 4.85. The Morgan fingerprint density at radius 1 is 0.875 bits per heavy atom. The van der Waals surface area contributed by atoms with Gasteiger partial charge in [0.15, 0.2) is 5.65 Å². The van der Waals surface area contributed by atoms with Crippen molar-refractivity contribution in [1.82, 2.24) is 19.8 Å². The molecule has 4 nitrogen and oxygen atoms in total. The van der Waals surface area contributed by atoms with Crippen LogP contribution >= 0.6 is 27.7 Å². The molecule has 118 valence electrons. The van der Waals surface area contributed by atoms with Gasteiger partial charge in [-0.1, -0.05) is 70.2 Å². The molecule has 0 aliphatic carbocycles. The highest BCUT2D eigenvalue weighted by molar-refractivity contribution is 9.10. The second kappa shape index (κ2) is 6.75. The summed E-state index contributed by atoms with van der Waals surface area (Å²) in [6.45, 7) is 0. The first-order valence-corrected chi connectivity index (χ1v) is 9.22. The first kappa shape index (κ1) is 15.4. The average Bonchev–Trinajstić information content (AvgIpc) is 3.04. The van der Waals surface area contributed by atoms with Gasteiger partial charge in [-0.3, -0.25) is 0 Å². The number of aromatic nitrogens is 4. The van der Waals surface area contributed by atoms with Crippen molar-refractivity contribution in [2.75, 3.05) is 0 Å². The quantitative estimate of drug-likeness (QED) is 0.462. The molecular weight excluding hydrogens is 384 g/mol. The minimum absolute atomic E-state index is 0.757. The van der Waals surface area contributed by atoms with Gasteiger partial charge in [-0.2, -0.15) is 9.61 Å². The summed E-state index contributed by atoms with van der Waals surface area (Å²) in [4.78, 5) is 0. The van der Waals surface area contributed by atoms with Crippen LogP contribution in [0, 0.1) is 0 Å². The molecule has 2 aromatic heterocycles. The lowest BCUT2D eigenvalue weighted by Crippen LogP contribution is -1.96. The molecule has 2 heterocycles. The third-order valence-electron chi connectivity index (χ3n) is 3.58. The van der Waals surface area contributed by atoms with Crippen LogP contribution in [0.3, 0.4) is 0 Å². The second-order valence-electron chi connectivity index (χ2n) is 5.25. The van der Waals surface area contributed by atoms with Crippen molar-refractivity contribution in [3.8, 4) is 11.3 Å². The maximum Gasteiger partial charge on any atom is 0.212 e. The van der Waals surface area contributed by atoms with Crippen LogP contribution < -0.4 is 0 Å². The first-order chi connectivity index (χ1) is 11.8. The Labute approximate surface area is 152 Å². The van der Waals surface area contributed by atoms with E-state index in [9.17, 15) is 0 Å². The molecular formula is C18H13BrN4S. The minimum Gasteiger partial charge on any atom is -0.187 e. The number of hydrogen-bond acceptors (Lipinski definition) is 4. The van der Waals surface area contributed by atoms with Gasteiger partial charge in [0.2, 0.25) is 5.16 Å². The summed E-state index contributed by atoms with van der Waals surface area (Å²) in [6.07, 6.45) is 0. The summed E-state index contributed by atoms with van der Waals surface area (Å²) in [5.41, 5.74) is 3.98. The molecule has 2 aromatic carbocycles. The SMILES string of the molecule is Brc1ccc(CSc2nnc3ccc(-c4ccccc4)nn23)cc1. The van der Waals surface area contributed by atoms with E-state index in [1.165, 1.54) is 5.56 Å². The highest BCUT2D eigenvalue weighted by atomic mass is 79.9. The average molecular weight is 397 g/mol. The summed E-state index contributed by atoms with van der Waals surface area (Å²) in [7, 11) is 0. The fraction of sp³-hybridized carbons (Fsp3) is 0.0556. The molecule has 0 fully saturated rings. The van der Waals surface area contributed by atoms with Crippen molar-refractivity contribution in [3.05, 3.63) is 76.8 Å². The molecule has 24 heavy (non-hydrogen) atoms. The maximum atomic E-state index is 4.70. The lowest BCUT2D eigenvalue weighted by molar-refractivity contribution is 0.813. The monoisotopic (exact) mass is 396 g/mol. The molecule has 6 heteroatoms. The van der Waals surface area contributed by atoms with Gasteiger partial charge in [0.1, 0.15) is 0 Å². The summed E-state index contributed by atoms with van der Waals surface area (Å²) in [5.74, 6) is 0.825. The Hall–Kier alpha value is -2.18. The zero-order chi connectivity index (χ0) is 16.4. The highest BCUT2D eigenvalue weighted by Crippen LogP contribution is 2.24. The van der Waals surface area contributed by atoms with Crippen LogP contribution in [-0.4, -0.2) is 19.8 Å². The van der Waals surface area contributed by atoms with E-state index < -0.39 is 0 Å². The third-order valence-corrected chi connectivity index (χ3v) is 5.10. The van der Waals surface area contributed by atoms with Crippen molar-refractivity contribution in [2.24, 2.45) is 0 Å². The predicted molar refractivity (Wildman–Crippen MR) is 99.9 cm³/mol. The number of benzene rings is 2. The van der Waals surface area contributed by atoms with Gasteiger partial charge in [0.05, 0.1) is 5.69 Å². The summed E-state index contributed by atoms with van der Waals surface area (Å²) in [5, 5.41) is 14.0. The van der Waals surface area contributed by atoms with E-state index in [1.807, 2.05) is 59.1 Å². The van der Waals surface area contributed by atoms with Crippen LogP contribution in [-0.2, 0) is 5.75 Å². The lowest BCUT2D eigenvalue weighted by atomic mass is 10.1. The summed E-state index contributed by atoms with van der Waals surface area (Å²) in [6, 6.07) is 22.3. The van der Waals surface area contributed by atoms with Crippen molar-refractivity contribution in [1.29, 1.82) is 0 Å². The number of hydrogen-bond donors (Lipinski definition) is 0.